The Morgan fingerprint density at radius 2 is 1.61 bits per heavy atom. The van der Waals surface area contributed by atoms with E-state index in [0.717, 1.165) is 37.5 Å². The van der Waals surface area contributed by atoms with E-state index in [-0.39, 0.29) is 5.41 Å². The van der Waals surface area contributed by atoms with E-state index in [1.807, 2.05) is 0 Å². The van der Waals surface area contributed by atoms with Crippen LogP contribution in [0.4, 0.5) is 0 Å². The highest BCUT2D eigenvalue weighted by molar-refractivity contribution is 5.67. The van der Waals surface area contributed by atoms with Gasteiger partial charge >= 0.3 is 0 Å². The third-order valence-corrected chi connectivity index (χ3v) is 6.25. The number of fused-ring (bicyclic) bond motifs is 2. The van der Waals surface area contributed by atoms with Gasteiger partial charge in [-0.25, -0.2) is 4.58 Å². The Labute approximate surface area is 186 Å². The van der Waals surface area contributed by atoms with Crippen LogP contribution in [0, 0.1) is 0 Å². The highest BCUT2D eigenvalue weighted by Crippen LogP contribution is 2.35. The second kappa shape index (κ2) is 8.70. The summed E-state index contributed by atoms with van der Waals surface area (Å²) < 4.78 is 8.72. The number of benzene rings is 2. The van der Waals surface area contributed by atoms with Crippen molar-refractivity contribution in [2.75, 3.05) is 13.1 Å². The molecule has 1 heterocycles. The minimum Gasteiger partial charge on any atom is -0.456 e. The van der Waals surface area contributed by atoms with Gasteiger partial charge in [0.15, 0.2) is 0 Å². The van der Waals surface area contributed by atoms with Crippen molar-refractivity contribution in [3.05, 3.63) is 94.1 Å². The van der Waals surface area contributed by atoms with Gasteiger partial charge in [0.25, 0.3) is 0 Å². The second-order valence-electron chi connectivity index (χ2n) is 9.47. The zero-order valence-electron chi connectivity index (χ0n) is 19.5. The molecule has 0 spiro atoms. The SMILES string of the molecule is CC[N+](CC)=c1ccc2c(C(C)(C)C)cc(/C=C/C=C3Cc4ccccc4C3)oc-2c1. The van der Waals surface area contributed by atoms with Crippen molar-refractivity contribution >= 4 is 6.08 Å². The number of nitrogens with zero attached hydrogens (tertiary/aromatic N) is 1. The zero-order valence-corrected chi connectivity index (χ0v) is 19.5. The van der Waals surface area contributed by atoms with Crippen molar-refractivity contribution in [2.45, 2.75) is 52.9 Å². The van der Waals surface area contributed by atoms with Crippen molar-refractivity contribution < 1.29 is 4.42 Å². The van der Waals surface area contributed by atoms with Crippen LogP contribution in [0.5, 0.6) is 0 Å². The van der Waals surface area contributed by atoms with Crippen LogP contribution < -0.4 is 9.93 Å². The molecular formula is C29H34NO+. The Bertz CT molecular complexity index is 1150. The highest BCUT2D eigenvalue weighted by atomic mass is 16.3. The van der Waals surface area contributed by atoms with Gasteiger partial charge in [-0.05, 0) is 67.0 Å². The summed E-state index contributed by atoms with van der Waals surface area (Å²) in [7, 11) is 0. The number of hydrogen-bond donors (Lipinski definition) is 0. The van der Waals surface area contributed by atoms with Crippen LogP contribution in [-0.4, -0.2) is 13.1 Å². The average Bonchev–Trinajstić information content (AvgIpc) is 3.16. The zero-order chi connectivity index (χ0) is 22.0. The Kier molecular flexibility index (Phi) is 6.00. The Morgan fingerprint density at radius 1 is 0.935 bits per heavy atom. The van der Waals surface area contributed by atoms with Crippen molar-refractivity contribution in [2.24, 2.45) is 0 Å². The van der Waals surface area contributed by atoms with Gasteiger partial charge in [0.1, 0.15) is 24.6 Å². The fraction of sp³-hybridized carbons (Fsp3) is 0.345. The van der Waals surface area contributed by atoms with Crippen LogP contribution in [0.2, 0.25) is 0 Å². The third kappa shape index (κ3) is 4.58. The van der Waals surface area contributed by atoms with Crippen LogP contribution in [0.25, 0.3) is 17.4 Å². The molecule has 1 aromatic carbocycles. The standard InChI is InChI=1S/C29H34NO/c1-6-30(7-2)24-15-16-26-27(29(3,4)5)20-25(31-28(26)19-24)14-10-11-21-17-22-12-8-9-13-23(22)18-21/h8-16,19-20H,6-7,17-18H2,1-5H3/q+1/b14-10+. The molecule has 3 aliphatic rings. The smallest absolute Gasteiger partial charge is 0.203 e. The van der Waals surface area contributed by atoms with E-state index >= 15 is 0 Å². The van der Waals surface area contributed by atoms with E-state index in [4.69, 9.17) is 4.42 Å². The fourth-order valence-electron chi connectivity index (χ4n) is 4.53. The molecule has 1 aromatic rings. The van der Waals surface area contributed by atoms with Gasteiger partial charge in [0.05, 0.1) is 6.07 Å². The quantitative estimate of drug-likeness (QED) is 0.464. The number of allylic oxidation sites excluding steroid dienone is 3. The molecule has 2 heteroatoms. The van der Waals surface area contributed by atoms with E-state index in [1.165, 1.54) is 33.2 Å². The van der Waals surface area contributed by atoms with E-state index in [9.17, 15) is 0 Å². The van der Waals surface area contributed by atoms with Crippen molar-refractivity contribution in [3.8, 4) is 11.3 Å². The van der Waals surface area contributed by atoms with Gasteiger partial charge in [-0.2, -0.15) is 0 Å². The maximum Gasteiger partial charge on any atom is 0.203 e. The molecule has 0 amide bonds. The van der Waals surface area contributed by atoms with Crippen LogP contribution in [-0.2, 0) is 18.3 Å². The first-order chi connectivity index (χ1) is 14.9. The van der Waals surface area contributed by atoms with Crippen LogP contribution in [0.1, 0.15) is 57.1 Å². The molecule has 1 aliphatic heterocycles. The summed E-state index contributed by atoms with van der Waals surface area (Å²) in [6.45, 7) is 13.2. The van der Waals surface area contributed by atoms with E-state index < -0.39 is 0 Å². The molecule has 0 radical (unpaired) electrons. The lowest BCUT2D eigenvalue weighted by Gasteiger charge is -2.24. The molecule has 160 valence electrons. The molecule has 2 nitrogen and oxygen atoms in total. The Hall–Kier alpha value is -2.87. The minimum atomic E-state index is 0.0416. The summed E-state index contributed by atoms with van der Waals surface area (Å²) in [4.78, 5) is 0. The summed E-state index contributed by atoms with van der Waals surface area (Å²) in [5, 5.41) is 1.22. The maximum atomic E-state index is 6.36. The maximum absolute atomic E-state index is 6.36. The first kappa shape index (κ1) is 21.4. The molecule has 0 bridgehead atoms. The largest absolute Gasteiger partial charge is 0.456 e. The van der Waals surface area contributed by atoms with Gasteiger partial charge in [0.2, 0.25) is 5.36 Å². The normalized spacial score (nSPS) is 13.8. The summed E-state index contributed by atoms with van der Waals surface area (Å²) in [6.07, 6.45) is 8.61. The van der Waals surface area contributed by atoms with Crippen molar-refractivity contribution in [1.82, 2.24) is 4.58 Å². The molecule has 31 heavy (non-hydrogen) atoms. The molecule has 4 rings (SSSR count). The predicted molar refractivity (Wildman–Crippen MR) is 131 cm³/mol. The van der Waals surface area contributed by atoms with E-state index in [0.29, 0.717) is 0 Å². The highest BCUT2D eigenvalue weighted by Gasteiger charge is 2.23. The van der Waals surface area contributed by atoms with Crippen LogP contribution in [0.15, 0.2) is 70.7 Å². The summed E-state index contributed by atoms with van der Waals surface area (Å²) in [5.74, 6) is 1.86. The molecular weight excluding hydrogens is 378 g/mol. The average molecular weight is 413 g/mol. The van der Waals surface area contributed by atoms with Gasteiger partial charge in [-0.1, -0.05) is 62.8 Å². The number of rotatable bonds is 4. The van der Waals surface area contributed by atoms with Crippen molar-refractivity contribution in [1.29, 1.82) is 0 Å². The van der Waals surface area contributed by atoms with Crippen LogP contribution in [0.3, 0.4) is 0 Å². The number of hydrogen-bond acceptors (Lipinski definition) is 1. The van der Waals surface area contributed by atoms with Gasteiger partial charge in [-0.15, -0.1) is 0 Å². The van der Waals surface area contributed by atoms with E-state index in [2.05, 4.69) is 106 Å². The van der Waals surface area contributed by atoms with Crippen molar-refractivity contribution in [3.63, 3.8) is 0 Å². The lowest BCUT2D eigenvalue weighted by Crippen LogP contribution is -2.29. The Balaban J connectivity index is 1.72. The predicted octanol–water partition coefficient (Wildman–Crippen LogP) is 6.23. The summed E-state index contributed by atoms with van der Waals surface area (Å²) in [5.41, 5.74) is 6.93. The van der Waals surface area contributed by atoms with E-state index in [1.54, 1.807) is 0 Å². The Morgan fingerprint density at radius 3 is 2.23 bits per heavy atom. The molecule has 0 saturated heterocycles. The molecule has 2 aliphatic carbocycles. The van der Waals surface area contributed by atoms with Crippen LogP contribution >= 0.6 is 0 Å². The minimum absolute atomic E-state index is 0.0416. The molecule has 0 unspecified atom stereocenters. The summed E-state index contributed by atoms with van der Waals surface area (Å²) in [6, 6.07) is 17.6. The van der Waals surface area contributed by atoms with Gasteiger partial charge in [0, 0.05) is 11.6 Å². The molecule has 0 atom stereocenters. The molecule has 0 saturated carbocycles. The third-order valence-electron chi connectivity index (χ3n) is 6.25. The van der Waals surface area contributed by atoms with Gasteiger partial charge in [-0.3, -0.25) is 0 Å². The first-order valence-electron chi connectivity index (χ1n) is 11.5. The molecule has 0 aromatic heterocycles. The molecule has 0 fully saturated rings. The lowest BCUT2D eigenvalue weighted by molar-refractivity contribution is 0.527. The molecule has 0 N–H and O–H groups in total. The topological polar surface area (TPSA) is 16.1 Å². The monoisotopic (exact) mass is 412 g/mol. The fourth-order valence-corrected chi connectivity index (χ4v) is 4.53. The lowest BCUT2D eigenvalue weighted by atomic mass is 9.83. The first-order valence-corrected chi connectivity index (χ1v) is 11.5. The van der Waals surface area contributed by atoms with Gasteiger partial charge < -0.3 is 4.42 Å². The summed E-state index contributed by atoms with van der Waals surface area (Å²) >= 11 is 0. The second-order valence-corrected chi connectivity index (χ2v) is 9.47.